The van der Waals surface area contributed by atoms with Crippen LogP contribution in [0.25, 0.3) is 0 Å². The molecule has 0 atom stereocenters. The lowest BCUT2D eigenvalue weighted by molar-refractivity contribution is 0.417. The summed E-state index contributed by atoms with van der Waals surface area (Å²) in [6, 6.07) is 7.53. The van der Waals surface area contributed by atoms with Crippen molar-refractivity contribution >= 4 is 22.2 Å². The Bertz CT molecular complexity index is 667. The number of H-pyrrole nitrogens is 1. The highest BCUT2D eigenvalue weighted by atomic mass is 32.1. The van der Waals surface area contributed by atoms with Crippen molar-refractivity contribution in [2.75, 3.05) is 12.4 Å². The molecule has 0 bridgehead atoms. The first-order chi connectivity index (χ1) is 8.65. The van der Waals surface area contributed by atoms with Crippen molar-refractivity contribution in [3.05, 3.63) is 39.7 Å². The number of aryl methyl sites for hydroxylation is 1. The zero-order valence-electron chi connectivity index (χ0n) is 9.90. The number of anilines is 2. The number of methoxy groups -OCH3 is 1. The Morgan fingerprint density at radius 3 is 2.94 bits per heavy atom. The molecule has 0 aliphatic rings. The van der Waals surface area contributed by atoms with Gasteiger partial charge in [-0.25, -0.2) is 0 Å². The summed E-state index contributed by atoms with van der Waals surface area (Å²) in [7, 11) is 1.57. The molecule has 2 aromatic rings. The summed E-state index contributed by atoms with van der Waals surface area (Å²) in [5, 5.41) is 12.4. The second kappa shape index (κ2) is 4.94. The highest BCUT2D eigenvalue weighted by Gasteiger charge is 2.12. The molecule has 6 heteroatoms. The predicted octanol–water partition coefficient (Wildman–Crippen LogP) is 2.37. The molecule has 1 aromatic heterocycles. The average Bonchev–Trinajstić information content (AvgIpc) is 2.70. The molecule has 0 spiro atoms. The average molecular weight is 261 g/mol. The standard InChI is InChI=1S/C12H11N3O2S/c1-7-3-4-10(17-2)9(5-7)14-12-8(6-13)11(16)15-18-12/h3-5,14H,1-2H3,(H,15,16). The normalized spacial score (nSPS) is 9.83. The number of aromatic nitrogens is 1. The van der Waals surface area contributed by atoms with Gasteiger partial charge < -0.3 is 10.1 Å². The van der Waals surface area contributed by atoms with Crippen LogP contribution in [-0.4, -0.2) is 11.5 Å². The van der Waals surface area contributed by atoms with Crippen molar-refractivity contribution in [3.63, 3.8) is 0 Å². The molecule has 0 aliphatic heterocycles. The fourth-order valence-electron chi connectivity index (χ4n) is 1.53. The first kappa shape index (κ1) is 12.2. The van der Waals surface area contributed by atoms with E-state index in [-0.39, 0.29) is 11.1 Å². The summed E-state index contributed by atoms with van der Waals surface area (Å²) in [5.74, 6) is 0.658. The number of nitrogens with one attached hydrogen (secondary N) is 2. The van der Waals surface area contributed by atoms with Gasteiger partial charge in [0.25, 0.3) is 5.56 Å². The summed E-state index contributed by atoms with van der Waals surface area (Å²) in [6.07, 6.45) is 0. The number of aromatic amines is 1. The van der Waals surface area contributed by atoms with Crippen molar-refractivity contribution in [1.29, 1.82) is 5.26 Å². The molecule has 0 fully saturated rings. The van der Waals surface area contributed by atoms with E-state index in [1.54, 1.807) is 7.11 Å². The van der Waals surface area contributed by atoms with Crippen molar-refractivity contribution in [2.24, 2.45) is 0 Å². The molecular weight excluding hydrogens is 250 g/mol. The zero-order valence-corrected chi connectivity index (χ0v) is 10.7. The van der Waals surface area contributed by atoms with Crippen LogP contribution in [0.1, 0.15) is 11.1 Å². The molecule has 0 unspecified atom stereocenters. The van der Waals surface area contributed by atoms with Gasteiger partial charge in [0.2, 0.25) is 0 Å². The quantitative estimate of drug-likeness (QED) is 0.889. The van der Waals surface area contributed by atoms with Crippen LogP contribution in [0.2, 0.25) is 0 Å². The number of hydrogen-bond acceptors (Lipinski definition) is 5. The van der Waals surface area contributed by atoms with Gasteiger partial charge in [-0.1, -0.05) is 6.07 Å². The third kappa shape index (κ3) is 2.21. The maximum Gasteiger partial charge on any atom is 0.278 e. The third-order valence-electron chi connectivity index (χ3n) is 2.41. The lowest BCUT2D eigenvalue weighted by Crippen LogP contribution is -2.03. The van der Waals surface area contributed by atoms with E-state index in [9.17, 15) is 4.79 Å². The van der Waals surface area contributed by atoms with Gasteiger partial charge in [0.15, 0.2) is 5.56 Å². The lowest BCUT2D eigenvalue weighted by atomic mass is 10.2. The van der Waals surface area contributed by atoms with E-state index in [4.69, 9.17) is 10.00 Å². The number of nitrogens with zero attached hydrogens (tertiary/aromatic N) is 1. The highest BCUT2D eigenvalue weighted by molar-refractivity contribution is 7.10. The first-order valence-corrected chi connectivity index (χ1v) is 6.00. The van der Waals surface area contributed by atoms with Crippen molar-refractivity contribution in [2.45, 2.75) is 6.92 Å². The molecule has 0 aliphatic carbocycles. The van der Waals surface area contributed by atoms with Crippen LogP contribution in [0, 0.1) is 18.3 Å². The number of ether oxygens (including phenoxy) is 1. The van der Waals surface area contributed by atoms with Crippen LogP contribution in [0.4, 0.5) is 10.7 Å². The van der Waals surface area contributed by atoms with E-state index in [1.807, 2.05) is 31.2 Å². The largest absolute Gasteiger partial charge is 0.495 e. The third-order valence-corrected chi connectivity index (χ3v) is 3.21. The van der Waals surface area contributed by atoms with Crippen molar-refractivity contribution in [1.82, 2.24) is 4.37 Å². The van der Waals surface area contributed by atoms with Gasteiger partial charge >= 0.3 is 0 Å². The smallest absolute Gasteiger partial charge is 0.278 e. The summed E-state index contributed by atoms with van der Waals surface area (Å²) < 4.78 is 7.74. The summed E-state index contributed by atoms with van der Waals surface area (Å²) in [6.45, 7) is 1.95. The highest BCUT2D eigenvalue weighted by Crippen LogP contribution is 2.30. The van der Waals surface area contributed by atoms with Gasteiger partial charge in [-0.05, 0) is 36.2 Å². The van der Waals surface area contributed by atoms with E-state index < -0.39 is 0 Å². The van der Waals surface area contributed by atoms with Crippen molar-refractivity contribution < 1.29 is 4.74 Å². The minimum Gasteiger partial charge on any atom is -0.495 e. The summed E-state index contributed by atoms with van der Waals surface area (Å²) >= 11 is 1.09. The predicted molar refractivity (Wildman–Crippen MR) is 70.7 cm³/mol. The molecular formula is C12H11N3O2S. The Hall–Kier alpha value is -2.26. The van der Waals surface area contributed by atoms with Gasteiger partial charge in [0.1, 0.15) is 16.8 Å². The maximum atomic E-state index is 11.3. The molecule has 2 N–H and O–H groups in total. The maximum absolute atomic E-state index is 11.3. The van der Waals surface area contributed by atoms with E-state index in [0.29, 0.717) is 10.8 Å². The molecule has 1 heterocycles. The summed E-state index contributed by atoms with van der Waals surface area (Å²) in [4.78, 5) is 11.3. The fraction of sp³-hybridized carbons (Fsp3) is 0.167. The lowest BCUT2D eigenvalue weighted by Gasteiger charge is -2.10. The molecule has 18 heavy (non-hydrogen) atoms. The number of hydrogen-bond donors (Lipinski definition) is 2. The van der Waals surface area contributed by atoms with E-state index in [0.717, 1.165) is 22.8 Å². The van der Waals surface area contributed by atoms with Gasteiger partial charge in [-0.3, -0.25) is 9.17 Å². The van der Waals surface area contributed by atoms with Crippen molar-refractivity contribution in [3.8, 4) is 11.8 Å². The van der Waals surface area contributed by atoms with E-state index >= 15 is 0 Å². The van der Waals surface area contributed by atoms with Crippen LogP contribution in [-0.2, 0) is 0 Å². The molecule has 5 nitrogen and oxygen atoms in total. The number of benzene rings is 1. The second-order valence-electron chi connectivity index (χ2n) is 3.68. The van der Waals surface area contributed by atoms with Crippen LogP contribution >= 0.6 is 11.5 Å². The Morgan fingerprint density at radius 2 is 2.28 bits per heavy atom. The number of nitriles is 1. The molecule has 92 valence electrons. The summed E-state index contributed by atoms with van der Waals surface area (Å²) in [5.41, 5.74) is 1.49. The monoisotopic (exact) mass is 261 g/mol. The van der Waals surface area contributed by atoms with Gasteiger partial charge in [-0.2, -0.15) is 5.26 Å². The van der Waals surface area contributed by atoms with Crippen LogP contribution < -0.4 is 15.6 Å². The molecule has 0 saturated heterocycles. The van der Waals surface area contributed by atoms with Gasteiger partial charge in [-0.15, -0.1) is 0 Å². The van der Waals surface area contributed by atoms with E-state index in [2.05, 4.69) is 9.69 Å². The van der Waals surface area contributed by atoms with E-state index in [1.165, 1.54) is 0 Å². The Balaban J connectivity index is 2.43. The molecule has 1 aromatic carbocycles. The minimum atomic E-state index is -0.378. The molecule has 0 amide bonds. The Kier molecular flexibility index (Phi) is 3.35. The molecule has 0 radical (unpaired) electrons. The van der Waals surface area contributed by atoms with Gasteiger partial charge in [0, 0.05) is 0 Å². The SMILES string of the molecule is COc1ccc(C)cc1Nc1s[nH]c(=O)c1C#N. The minimum absolute atomic E-state index is 0.0866. The second-order valence-corrected chi connectivity index (χ2v) is 4.49. The molecule has 2 rings (SSSR count). The topological polar surface area (TPSA) is 77.9 Å². The zero-order chi connectivity index (χ0) is 13.1. The van der Waals surface area contributed by atoms with Crippen LogP contribution in [0.15, 0.2) is 23.0 Å². The fourth-order valence-corrected chi connectivity index (χ4v) is 2.23. The van der Waals surface area contributed by atoms with Crippen LogP contribution in [0.5, 0.6) is 5.75 Å². The Labute approximate surface area is 108 Å². The van der Waals surface area contributed by atoms with Gasteiger partial charge in [0.05, 0.1) is 12.8 Å². The van der Waals surface area contributed by atoms with Crippen LogP contribution in [0.3, 0.4) is 0 Å². The first-order valence-electron chi connectivity index (χ1n) is 5.19. The number of rotatable bonds is 3. The molecule has 0 saturated carbocycles. The Morgan fingerprint density at radius 1 is 1.50 bits per heavy atom.